The summed E-state index contributed by atoms with van der Waals surface area (Å²) in [6.07, 6.45) is 0. The van der Waals surface area contributed by atoms with Gasteiger partial charge in [-0.3, -0.25) is 0 Å². The normalized spacial score (nSPS) is 11.1. The molecule has 0 atom stereocenters. The second-order valence-corrected chi connectivity index (χ2v) is 6.92. The van der Waals surface area contributed by atoms with E-state index < -0.39 is 0 Å². The Bertz CT molecular complexity index is 627. The number of nitrogens with zero attached hydrogens (tertiary/aromatic N) is 2. The van der Waals surface area contributed by atoms with Crippen LogP contribution < -0.4 is 5.73 Å². The molecule has 0 saturated carbocycles. The summed E-state index contributed by atoms with van der Waals surface area (Å²) in [5.41, 5.74) is 7.79. The molecule has 100 valence electrons. The quantitative estimate of drug-likeness (QED) is 0.690. The topological polar surface area (TPSA) is 51.8 Å². The van der Waals surface area contributed by atoms with Crippen molar-refractivity contribution in [3.05, 3.63) is 37.3 Å². The first-order valence-electron chi connectivity index (χ1n) is 5.68. The van der Waals surface area contributed by atoms with Crippen molar-refractivity contribution in [1.82, 2.24) is 9.97 Å². The third-order valence-corrected chi connectivity index (χ3v) is 5.32. The van der Waals surface area contributed by atoms with Crippen molar-refractivity contribution < 1.29 is 0 Å². The molecule has 0 amide bonds. The van der Waals surface area contributed by atoms with Crippen LogP contribution in [-0.4, -0.2) is 9.97 Å². The zero-order valence-corrected chi connectivity index (χ0v) is 15.2. The fourth-order valence-electron chi connectivity index (χ4n) is 1.63. The Morgan fingerprint density at radius 3 is 2.32 bits per heavy atom. The second kappa shape index (κ2) is 5.89. The highest BCUT2D eigenvalue weighted by molar-refractivity contribution is 9.13. The van der Waals surface area contributed by atoms with E-state index in [1.54, 1.807) is 0 Å². The van der Waals surface area contributed by atoms with Crippen molar-refractivity contribution in [2.75, 3.05) is 5.73 Å². The third-order valence-electron chi connectivity index (χ3n) is 2.63. The van der Waals surface area contributed by atoms with Crippen LogP contribution in [0.15, 0.2) is 31.6 Å². The Labute approximate surface area is 137 Å². The molecule has 19 heavy (non-hydrogen) atoms. The van der Waals surface area contributed by atoms with Gasteiger partial charge in [0.15, 0.2) is 5.82 Å². The van der Waals surface area contributed by atoms with Gasteiger partial charge in [-0.2, -0.15) is 0 Å². The van der Waals surface area contributed by atoms with Crippen molar-refractivity contribution in [3.8, 4) is 11.4 Å². The fourth-order valence-corrected chi connectivity index (χ4v) is 2.89. The molecular formula is C13H12Br3N3. The molecular weight excluding hydrogens is 438 g/mol. The molecule has 0 fully saturated rings. The number of hydrogen-bond donors (Lipinski definition) is 1. The molecule has 1 aromatic carbocycles. The van der Waals surface area contributed by atoms with Crippen LogP contribution in [0.5, 0.6) is 0 Å². The smallest absolute Gasteiger partial charge is 0.161 e. The van der Waals surface area contributed by atoms with Crippen molar-refractivity contribution in [2.45, 2.75) is 19.8 Å². The van der Waals surface area contributed by atoms with Crippen LogP contribution in [0.25, 0.3) is 11.4 Å². The van der Waals surface area contributed by atoms with Crippen LogP contribution in [0.3, 0.4) is 0 Å². The molecule has 2 N–H and O–H groups in total. The highest BCUT2D eigenvalue weighted by Crippen LogP contribution is 2.32. The lowest BCUT2D eigenvalue weighted by Gasteiger charge is -2.12. The number of rotatable bonds is 2. The molecule has 1 aromatic heterocycles. The van der Waals surface area contributed by atoms with Crippen molar-refractivity contribution in [2.24, 2.45) is 0 Å². The monoisotopic (exact) mass is 447 g/mol. The number of anilines is 1. The van der Waals surface area contributed by atoms with Gasteiger partial charge in [-0.15, -0.1) is 0 Å². The number of nitrogens with two attached hydrogens (primary N) is 1. The van der Waals surface area contributed by atoms with E-state index in [9.17, 15) is 0 Å². The van der Waals surface area contributed by atoms with Gasteiger partial charge in [-0.05, 0) is 71.9 Å². The van der Waals surface area contributed by atoms with Gasteiger partial charge in [-0.1, -0.05) is 13.8 Å². The van der Waals surface area contributed by atoms with Crippen LogP contribution in [0.2, 0.25) is 0 Å². The highest BCUT2D eigenvalue weighted by atomic mass is 79.9. The van der Waals surface area contributed by atoms with E-state index in [-0.39, 0.29) is 5.92 Å². The number of nitrogen functional groups attached to an aromatic ring is 1. The van der Waals surface area contributed by atoms with Crippen molar-refractivity contribution >= 4 is 53.6 Å². The van der Waals surface area contributed by atoms with E-state index in [1.165, 1.54) is 0 Å². The largest absolute Gasteiger partial charge is 0.383 e. The van der Waals surface area contributed by atoms with Gasteiger partial charge in [0.1, 0.15) is 5.82 Å². The standard InChI is InChI=1S/C13H12Br3N3/c1-6(2)11-10(16)12(17)19-13(18-11)7-3-4-8(14)9(15)5-7/h3-6H,1-2H3,(H2,17,18,19). The van der Waals surface area contributed by atoms with Crippen LogP contribution in [0.1, 0.15) is 25.5 Å². The Morgan fingerprint density at radius 1 is 1.05 bits per heavy atom. The first-order chi connectivity index (χ1) is 8.90. The average molecular weight is 450 g/mol. The summed E-state index contributed by atoms with van der Waals surface area (Å²) >= 11 is 10.4. The molecule has 0 bridgehead atoms. The molecule has 0 saturated heterocycles. The summed E-state index contributed by atoms with van der Waals surface area (Å²) in [6, 6.07) is 5.88. The van der Waals surface area contributed by atoms with Crippen LogP contribution in [0, 0.1) is 0 Å². The Hall–Kier alpha value is -0.460. The second-order valence-electron chi connectivity index (χ2n) is 4.42. The Morgan fingerprint density at radius 2 is 1.74 bits per heavy atom. The predicted octanol–water partition coefficient (Wildman–Crippen LogP) is 5.14. The Balaban J connectivity index is 2.59. The number of hydrogen-bond acceptors (Lipinski definition) is 3. The van der Waals surface area contributed by atoms with E-state index in [4.69, 9.17) is 5.73 Å². The van der Waals surface area contributed by atoms with Gasteiger partial charge in [0.25, 0.3) is 0 Å². The summed E-state index contributed by atoms with van der Waals surface area (Å²) in [7, 11) is 0. The van der Waals surface area contributed by atoms with Crippen molar-refractivity contribution in [3.63, 3.8) is 0 Å². The molecule has 0 spiro atoms. The molecule has 0 radical (unpaired) electrons. The van der Waals surface area contributed by atoms with E-state index in [0.717, 1.165) is 24.7 Å². The molecule has 2 rings (SSSR count). The minimum absolute atomic E-state index is 0.275. The van der Waals surface area contributed by atoms with Crippen LogP contribution >= 0.6 is 47.8 Å². The van der Waals surface area contributed by atoms with Gasteiger partial charge >= 0.3 is 0 Å². The van der Waals surface area contributed by atoms with E-state index >= 15 is 0 Å². The van der Waals surface area contributed by atoms with Crippen LogP contribution in [-0.2, 0) is 0 Å². The molecule has 0 aliphatic heterocycles. The zero-order chi connectivity index (χ0) is 14.2. The summed E-state index contributed by atoms with van der Waals surface area (Å²) in [5.74, 6) is 1.38. The minimum Gasteiger partial charge on any atom is -0.383 e. The summed E-state index contributed by atoms with van der Waals surface area (Å²) < 4.78 is 2.73. The minimum atomic E-state index is 0.275. The maximum atomic E-state index is 5.95. The van der Waals surface area contributed by atoms with Gasteiger partial charge < -0.3 is 5.73 Å². The van der Waals surface area contributed by atoms with E-state index in [0.29, 0.717) is 11.6 Å². The predicted molar refractivity (Wildman–Crippen MR) is 89.1 cm³/mol. The van der Waals surface area contributed by atoms with Gasteiger partial charge in [-0.25, -0.2) is 9.97 Å². The first kappa shape index (κ1) is 14.9. The fraction of sp³-hybridized carbons (Fsp3) is 0.231. The SMILES string of the molecule is CC(C)c1nc(-c2ccc(Br)c(Br)c2)nc(N)c1Br. The van der Waals surface area contributed by atoms with Gasteiger partial charge in [0.2, 0.25) is 0 Å². The molecule has 6 heteroatoms. The third kappa shape index (κ3) is 3.17. The summed E-state index contributed by atoms with van der Waals surface area (Å²) in [6.45, 7) is 4.15. The maximum absolute atomic E-state index is 5.95. The van der Waals surface area contributed by atoms with Gasteiger partial charge in [0.05, 0.1) is 10.2 Å². The van der Waals surface area contributed by atoms with Crippen LogP contribution in [0.4, 0.5) is 5.82 Å². The van der Waals surface area contributed by atoms with Crippen molar-refractivity contribution in [1.29, 1.82) is 0 Å². The molecule has 0 unspecified atom stereocenters. The van der Waals surface area contributed by atoms with Gasteiger partial charge in [0, 0.05) is 14.5 Å². The lowest BCUT2D eigenvalue weighted by molar-refractivity contribution is 0.811. The molecule has 0 aliphatic carbocycles. The number of aromatic nitrogens is 2. The number of halogens is 3. The van der Waals surface area contributed by atoms with E-state index in [2.05, 4.69) is 71.6 Å². The molecule has 2 aromatic rings. The summed E-state index contributed by atoms with van der Waals surface area (Å²) in [4.78, 5) is 8.94. The average Bonchev–Trinajstić information content (AvgIpc) is 2.35. The number of benzene rings is 1. The molecule has 1 heterocycles. The summed E-state index contributed by atoms with van der Waals surface area (Å²) in [5, 5.41) is 0. The maximum Gasteiger partial charge on any atom is 0.161 e. The highest BCUT2D eigenvalue weighted by Gasteiger charge is 2.14. The molecule has 0 aliphatic rings. The van der Waals surface area contributed by atoms with E-state index in [1.807, 2.05) is 18.2 Å². The first-order valence-corrected chi connectivity index (χ1v) is 8.06. The zero-order valence-electron chi connectivity index (χ0n) is 10.4. The molecule has 3 nitrogen and oxygen atoms in total. The lowest BCUT2D eigenvalue weighted by atomic mass is 10.1. The lowest BCUT2D eigenvalue weighted by Crippen LogP contribution is -2.04. The Kier molecular flexibility index (Phi) is 4.63.